The molecular weight excluding hydrogens is 634 g/mol. The molecule has 0 radical (unpaired) electrons. The Balaban J connectivity index is 2.33. The number of unbranched alkanes of at least 4 members (excludes halogenated alkanes) is 12. The molecule has 0 aliphatic carbocycles. The summed E-state index contributed by atoms with van der Waals surface area (Å²) in [6, 6.07) is -0.814. The van der Waals surface area contributed by atoms with Crippen LogP contribution in [-0.2, 0) is 38.2 Å². The van der Waals surface area contributed by atoms with E-state index in [4.69, 9.17) is 19.0 Å². The lowest BCUT2D eigenvalue weighted by Gasteiger charge is -2.25. The van der Waals surface area contributed by atoms with E-state index >= 15 is 0 Å². The Labute approximate surface area is 294 Å². The molecule has 0 saturated carbocycles. The molecule has 4 unspecified atom stereocenters. The Morgan fingerprint density at radius 1 is 0.755 bits per heavy atom. The normalized spacial score (nSPS) is 17.8. The maximum Gasteiger partial charge on any atom is 0.351 e. The Bertz CT molecular complexity index is 919. The molecule has 13 nitrogen and oxygen atoms in total. The van der Waals surface area contributed by atoms with Crippen molar-refractivity contribution in [3.05, 3.63) is 0 Å². The van der Waals surface area contributed by atoms with Gasteiger partial charge < -0.3 is 39.9 Å². The van der Waals surface area contributed by atoms with Crippen molar-refractivity contribution < 1.29 is 48.4 Å². The standard InChI is InChI=1S/C36H67N3O10/c1-6-8-9-10-11-12-13-14-15-16-17-18-19-20-28(35(45)48-36(3,4)5)33(43)38-29(7-2)34(44)37-23-24-46-25-26-47-27-32(42)49-39-30(40)21-22-31(39)41/h28-31,40-41H,6-27H2,1-5H3,(H,37,44)(H,38,43). The summed E-state index contributed by atoms with van der Waals surface area (Å²) in [5.74, 6) is -3.20. The first-order valence-corrected chi connectivity index (χ1v) is 18.7. The first-order chi connectivity index (χ1) is 23.4. The number of hydrogen-bond acceptors (Lipinski definition) is 11. The highest BCUT2D eigenvalue weighted by molar-refractivity contribution is 5.99. The number of amides is 2. The van der Waals surface area contributed by atoms with Crippen molar-refractivity contribution in [1.29, 1.82) is 0 Å². The Kier molecular flexibility index (Phi) is 24.2. The number of esters is 1. The third-order valence-electron chi connectivity index (χ3n) is 8.26. The van der Waals surface area contributed by atoms with Crippen LogP contribution in [0.1, 0.15) is 144 Å². The molecule has 4 atom stereocenters. The summed E-state index contributed by atoms with van der Waals surface area (Å²) >= 11 is 0. The molecule has 4 N–H and O–H groups in total. The quantitative estimate of drug-likeness (QED) is 0.0508. The minimum absolute atomic E-state index is 0.0904. The number of hydrogen-bond donors (Lipinski definition) is 4. The van der Waals surface area contributed by atoms with Gasteiger partial charge in [-0.1, -0.05) is 102 Å². The Hall–Kier alpha value is -2.32. The molecule has 0 aromatic carbocycles. The van der Waals surface area contributed by atoms with E-state index in [0.29, 0.717) is 25.7 Å². The molecule has 1 rings (SSSR count). The van der Waals surface area contributed by atoms with Crippen LogP contribution in [-0.4, -0.2) is 96.1 Å². The summed E-state index contributed by atoms with van der Waals surface area (Å²) in [7, 11) is 0. The lowest BCUT2D eigenvalue weighted by Crippen LogP contribution is -2.50. The number of ether oxygens (including phenoxy) is 3. The average molecular weight is 702 g/mol. The molecular formula is C36H67N3O10. The van der Waals surface area contributed by atoms with E-state index in [-0.39, 0.29) is 38.9 Å². The summed E-state index contributed by atoms with van der Waals surface area (Å²) in [5.41, 5.74) is -0.734. The molecule has 0 aromatic rings. The first-order valence-electron chi connectivity index (χ1n) is 18.7. The third kappa shape index (κ3) is 21.5. The van der Waals surface area contributed by atoms with E-state index in [1.54, 1.807) is 27.7 Å². The highest BCUT2D eigenvalue weighted by atomic mass is 16.7. The Morgan fingerprint density at radius 3 is 1.82 bits per heavy atom. The number of carbonyl (C=O) groups is 4. The number of rotatable bonds is 28. The van der Waals surface area contributed by atoms with Crippen LogP contribution in [0.4, 0.5) is 0 Å². The maximum atomic E-state index is 13.3. The van der Waals surface area contributed by atoms with Gasteiger partial charge in [0, 0.05) is 6.54 Å². The number of carbonyl (C=O) groups excluding carboxylic acids is 4. The van der Waals surface area contributed by atoms with Crippen LogP contribution < -0.4 is 10.6 Å². The smallest absolute Gasteiger partial charge is 0.351 e. The van der Waals surface area contributed by atoms with Gasteiger partial charge in [-0.3, -0.25) is 14.4 Å². The largest absolute Gasteiger partial charge is 0.459 e. The highest BCUT2D eigenvalue weighted by Crippen LogP contribution is 2.21. The van der Waals surface area contributed by atoms with Crippen LogP contribution in [0.2, 0.25) is 0 Å². The van der Waals surface area contributed by atoms with Crippen LogP contribution in [0.3, 0.4) is 0 Å². The van der Waals surface area contributed by atoms with Gasteiger partial charge in [-0.05, 0) is 46.5 Å². The predicted molar refractivity (Wildman–Crippen MR) is 186 cm³/mol. The van der Waals surface area contributed by atoms with Gasteiger partial charge in [0.2, 0.25) is 11.8 Å². The van der Waals surface area contributed by atoms with E-state index in [2.05, 4.69) is 17.6 Å². The molecule has 49 heavy (non-hydrogen) atoms. The van der Waals surface area contributed by atoms with Gasteiger partial charge in [-0.2, -0.15) is 0 Å². The molecule has 1 heterocycles. The molecule has 286 valence electrons. The number of nitrogens with one attached hydrogen (secondary N) is 2. The summed E-state index contributed by atoms with van der Waals surface area (Å²) < 4.78 is 16.2. The van der Waals surface area contributed by atoms with E-state index in [0.717, 1.165) is 30.7 Å². The summed E-state index contributed by atoms with van der Waals surface area (Å²) in [4.78, 5) is 55.8. The second-order valence-electron chi connectivity index (χ2n) is 13.9. The first kappa shape index (κ1) is 44.7. The fourth-order valence-electron chi connectivity index (χ4n) is 5.48. The molecule has 13 heteroatoms. The fourth-order valence-corrected chi connectivity index (χ4v) is 5.48. The van der Waals surface area contributed by atoms with Gasteiger partial charge in [-0.25, -0.2) is 4.79 Å². The van der Waals surface area contributed by atoms with Crippen LogP contribution in [0.25, 0.3) is 0 Å². The van der Waals surface area contributed by atoms with Crippen molar-refractivity contribution in [2.24, 2.45) is 5.92 Å². The number of hydroxylamine groups is 2. The molecule has 1 aliphatic heterocycles. The molecule has 1 aliphatic rings. The van der Waals surface area contributed by atoms with Gasteiger partial charge in [0.25, 0.3) is 0 Å². The van der Waals surface area contributed by atoms with Gasteiger partial charge in [-0.15, -0.1) is 0 Å². The fraction of sp³-hybridized carbons (Fsp3) is 0.889. The van der Waals surface area contributed by atoms with Gasteiger partial charge in [0.1, 0.15) is 36.6 Å². The number of nitrogens with zero attached hydrogens (tertiary/aromatic N) is 1. The van der Waals surface area contributed by atoms with Gasteiger partial charge in [0.05, 0.1) is 19.8 Å². The average Bonchev–Trinajstić information content (AvgIpc) is 3.35. The van der Waals surface area contributed by atoms with Crippen LogP contribution in [0.5, 0.6) is 0 Å². The van der Waals surface area contributed by atoms with E-state index in [9.17, 15) is 29.4 Å². The number of aliphatic hydroxyl groups is 2. The topological polar surface area (TPSA) is 173 Å². The van der Waals surface area contributed by atoms with Crippen LogP contribution >= 0.6 is 0 Å². The molecule has 1 fully saturated rings. The summed E-state index contributed by atoms with van der Waals surface area (Å²) in [6.45, 7) is 9.55. The van der Waals surface area contributed by atoms with E-state index in [1.807, 2.05) is 0 Å². The molecule has 2 amide bonds. The van der Waals surface area contributed by atoms with Crippen molar-refractivity contribution in [2.75, 3.05) is 33.0 Å². The van der Waals surface area contributed by atoms with Gasteiger partial charge >= 0.3 is 11.9 Å². The Morgan fingerprint density at radius 2 is 1.29 bits per heavy atom. The minimum atomic E-state index is -1.04. The minimum Gasteiger partial charge on any atom is -0.459 e. The third-order valence-corrected chi connectivity index (χ3v) is 8.26. The zero-order valence-corrected chi connectivity index (χ0v) is 31.0. The van der Waals surface area contributed by atoms with Crippen molar-refractivity contribution in [1.82, 2.24) is 15.7 Å². The van der Waals surface area contributed by atoms with Crippen LogP contribution in [0, 0.1) is 5.92 Å². The molecule has 1 saturated heterocycles. The zero-order chi connectivity index (χ0) is 36.5. The molecule has 0 aromatic heterocycles. The van der Waals surface area contributed by atoms with E-state index in [1.165, 1.54) is 57.8 Å². The van der Waals surface area contributed by atoms with Crippen molar-refractivity contribution >= 4 is 23.8 Å². The monoisotopic (exact) mass is 701 g/mol. The zero-order valence-electron chi connectivity index (χ0n) is 31.0. The maximum absolute atomic E-state index is 13.3. The van der Waals surface area contributed by atoms with E-state index < -0.39 is 47.9 Å². The molecule has 0 bridgehead atoms. The van der Waals surface area contributed by atoms with Crippen LogP contribution in [0.15, 0.2) is 0 Å². The van der Waals surface area contributed by atoms with Crippen molar-refractivity contribution in [3.63, 3.8) is 0 Å². The van der Waals surface area contributed by atoms with Gasteiger partial charge in [0.15, 0.2) is 0 Å². The lowest BCUT2D eigenvalue weighted by molar-refractivity contribution is -0.264. The summed E-state index contributed by atoms with van der Waals surface area (Å²) in [6.07, 6.45) is 14.8. The highest BCUT2D eigenvalue weighted by Gasteiger charge is 2.34. The SMILES string of the molecule is CCCCCCCCCCCCCCCC(C(=O)NC(CC)C(=O)NCCOCCOCC(=O)ON1C(O)CCC1O)C(=O)OC(C)(C)C. The predicted octanol–water partition coefficient (Wildman–Crippen LogP) is 4.66. The lowest BCUT2D eigenvalue weighted by atomic mass is 9.98. The second-order valence-corrected chi connectivity index (χ2v) is 13.9. The summed E-state index contributed by atoms with van der Waals surface area (Å²) in [5, 5.41) is 25.7. The second kappa shape index (κ2) is 26.5. The van der Waals surface area contributed by atoms with Crippen molar-refractivity contribution in [2.45, 2.75) is 168 Å². The number of aliphatic hydroxyl groups excluding tert-OH is 2. The molecule has 0 spiro atoms. The van der Waals surface area contributed by atoms with Crippen molar-refractivity contribution in [3.8, 4) is 0 Å².